The van der Waals surface area contributed by atoms with E-state index in [0.29, 0.717) is 19.3 Å². The van der Waals surface area contributed by atoms with Gasteiger partial charge in [-0.25, -0.2) is 0 Å². The Morgan fingerprint density at radius 3 is 1.37 bits per heavy atom. The summed E-state index contributed by atoms with van der Waals surface area (Å²) in [5.74, 6) is -0.589. The molecule has 3 atom stereocenters. The summed E-state index contributed by atoms with van der Waals surface area (Å²) < 4.78 is 5.88. The summed E-state index contributed by atoms with van der Waals surface area (Å²) >= 11 is 0. The van der Waals surface area contributed by atoms with Gasteiger partial charge in [0.05, 0.1) is 25.2 Å². The zero-order valence-electron chi connectivity index (χ0n) is 40.4. The highest BCUT2D eigenvalue weighted by atomic mass is 16.5. The van der Waals surface area contributed by atoms with Crippen LogP contribution in [0.2, 0.25) is 0 Å². The van der Waals surface area contributed by atoms with Gasteiger partial charge in [0.1, 0.15) is 6.10 Å². The van der Waals surface area contributed by atoms with E-state index in [2.05, 4.69) is 86.8 Å². The molecule has 0 aliphatic heterocycles. The maximum absolute atomic E-state index is 13.2. The second kappa shape index (κ2) is 49.3. The molecule has 3 N–H and O–H groups in total. The molecule has 0 aromatic rings. The Labute approximate surface area is 387 Å². The van der Waals surface area contributed by atoms with Crippen molar-refractivity contribution in [2.24, 2.45) is 0 Å². The summed E-state index contributed by atoms with van der Waals surface area (Å²) in [6, 6.07) is -0.739. The molecular formula is C57H93NO5. The summed E-state index contributed by atoms with van der Waals surface area (Å²) in [7, 11) is 0. The number of rotatable bonds is 43. The van der Waals surface area contributed by atoms with Gasteiger partial charge in [0, 0.05) is 6.42 Å². The molecule has 0 bridgehead atoms. The SMILES string of the molecule is CC\C=C/C=C/C=C/C=C\C=C\C=C\CCCC(CC(=O)NC(CO)C(O)CCCCCCCCCCCCC)OC(=O)CCCCCCC/C=C/C=C/C=C/C=C/CCCCC. The molecule has 63 heavy (non-hydrogen) atoms. The van der Waals surface area contributed by atoms with Crippen molar-refractivity contribution in [3.8, 4) is 0 Å². The smallest absolute Gasteiger partial charge is 0.306 e. The zero-order valence-corrected chi connectivity index (χ0v) is 40.4. The highest BCUT2D eigenvalue weighted by molar-refractivity contribution is 5.77. The van der Waals surface area contributed by atoms with E-state index in [1.165, 1.54) is 70.6 Å². The van der Waals surface area contributed by atoms with E-state index < -0.39 is 18.2 Å². The van der Waals surface area contributed by atoms with Crippen molar-refractivity contribution in [2.45, 2.75) is 219 Å². The van der Waals surface area contributed by atoms with Crippen LogP contribution in [-0.2, 0) is 14.3 Å². The number of carbonyl (C=O) groups is 2. The molecule has 6 heteroatoms. The van der Waals surface area contributed by atoms with Crippen LogP contribution < -0.4 is 5.32 Å². The van der Waals surface area contributed by atoms with E-state index in [0.717, 1.165) is 83.5 Å². The summed E-state index contributed by atoms with van der Waals surface area (Å²) in [6.07, 6.45) is 68.2. The lowest BCUT2D eigenvalue weighted by atomic mass is 10.0. The van der Waals surface area contributed by atoms with Gasteiger partial charge in [-0.1, -0.05) is 245 Å². The highest BCUT2D eigenvalue weighted by Gasteiger charge is 2.24. The third kappa shape index (κ3) is 44.7. The Morgan fingerprint density at radius 2 is 0.873 bits per heavy atom. The van der Waals surface area contributed by atoms with Crippen LogP contribution in [0, 0.1) is 0 Å². The minimum Gasteiger partial charge on any atom is -0.462 e. The van der Waals surface area contributed by atoms with Crippen LogP contribution in [0.3, 0.4) is 0 Å². The van der Waals surface area contributed by atoms with Gasteiger partial charge in [0.15, 0.2) is 0 Å². The average molecular weight is 872 g/mol. The Morgan fingerprint density at radius 1 is 0.476 bits per heavy atom. The third-order valence-corrected chi connectivity index (χ3v) is 10.8. The standard InChI is InChI=1S/C57H93NO5/c1-4-7-10-13-16-19-22-24-26-27-28-30-32-35-38-41-44-47-50-57(62)63-53(48-45-42-39-36-34-31-29-25-23-20-17-14-11-8-5-2)51-56(61)58-54(52-59)55(60)49-46-43-40-37-33-21-18-15-12-9-6-3/h8,11,14,16-17,19-20,22-31,34,36,39,53-55,59-60H,4-7,9-10,12-13,15,18,21,32-33,35,37-38,40-52H2,1-3H3,(H,58,61)/b11-8-,17-14+,19-16+,23-20+,24-22+,27-26+,29-25-,30-28+,34-31+,39-36+. The predicted octanol–water partition coefficient (Wildman–Crippen LogP) is 15.3. The number of carbonyl (C=O) groups excluding carboxylic acids is 2. The fourth-order valence-corrected chi connectivity index (χ4v) is 6.95. The number of aliphatic hydroxyl groups is 2. The van der Waals surface area contributed by atoms with Gasteiger partial charge in [-0.3, -0.25) is 9.59 Å². The number of nitrogens with one attached hydrogen (secondary N) is 1. The maximum atomic E-state index is 13.2. The summed E-state index contributed by atoms with van der Waals surface area (Å²) in [5, 5.41) is 23.7. The minimum atomic E-state index is -0.819. The van der Waals surface area contributed by atoms with Crippen molar-refractivity contribution in [2.75, 3.05) is 6.61 Å². The number of ether oxygens (including phenoxy) is 1. The molecule has 3 unspecified atom stereocenters. The lowest BCUT2D eigenvalue weighted by molar-refractivity contribution is -0.151. The molecule has 0 aromatic heterocycles. The van der Waals surface area contributed by atoms with E-state index in [1.807, 2.05) is 60.8 Å². The molecule has 0 aliphatic rings. The van der Waals surface area contributed by atoms with Crippen molar-refractivity contribution >= 4 is 11.9 Å². The molecule has 0 heterocycles. The maximum Gasteiger partial charge on any atom is 0.306 e. The molecule has 1 amide bonds. The molecule has 0 fully saturated rings. The lowest BCUT2D eigenvalue weighted by Gasteiger charge is -2.24. The van der Waals surface area contributed by atoms with Crippen LogP contribution in [-0.4, -0.2) is 46.9 Å². The van der Waals surface area contributed by atoms with Gasteiger partial charge in [-0.2, -0.15) is 0 Å². The first kappa shape index (κ1) is 59.3. The largest absolute Gasteiger partial charge is 0.462 e. The molecule has 0 rings (SSSR count). The van der Waals surface area contributed by atoms with E-state index in [1.54, 1.807) is 0 Å². The van der Waals surface area contributed by atoms with Crippen LogP contribution in [0.5, 0.6) is 0 Å². The second-order valence-corrected chi connectivity index (χ2v) is 16.7. The summed E-state index contributed by atoms with van der Waals surface area (Å²) in [6.45, 7) is 6.25. The first-order valence-corrected chi connectivity index (χ1v) is 25.4. The van der Waals surface area contributed by atoms with Crippen LogP contribution >= 0.6 is 0 Å². The number of hydrogen-bond acceptors (Lipinski definition) is 5. The summed E-state index contributed by atoms with van der Waals surface area (Å²) in [4.78, 5) is 26.1. The quantitative estimate of drug-likeness (QED) is 0.0322. The first-order valence-electron chi connectivity index (χ1n) is 25.4. The normalized spacial score (nSPS) is 14.3. The number of allylic oxidation sites excluding steroid dienone is 20. The van der Waals surface area contributed by atoms with Crippen molar-refractivity contribution in [1.29, 1.82) is 0 Å². The van der Waals surface area contributed by atoms with Crippen LogP contribution in [0.25, 0.3) is 0 Å². The molecule has 0 aliphatic carbocycles. The molecule has 356 valence electrons. The van der Waals surface area contributed by atoms with Crippen molar-refractivity contribution in [3.05, 3.63) is 122 Å². The monoisotopic (exact) mass is 872 g/mol. The van der Waals surface area contributed by atoms with Crippen LogP contribution in [0.1, 0.15) is 201 Å². The van der Waals surface area contributed by atoms with Gasteiger partial charge >= 0.3 is 5.97 Å². The fourth-order valence-electron chi connectivity index (χ4n) is 6.95. The third-order valence-electron chi connectivity index (χ3n) is 10.8. The summed E-state index contributed by atoms with van der Waals surface area (Å²) in [5.41, 5.74) is 0. The molecule has 0 spiro atoms. The average Bonchev–Trinajstić information content (AvgIpc) is 3.28. The molecule has 0 saturated heterocycles. The van der Waals surface area contributed by atoms with Crippen molar-refractivity contribution in [1.82, 2.24) is 5.32 Å². The van der Waals surface area contributed by atoms with Crippen molar-refractivity contribution < 1.29 is 24.5 Å². The predicted molar refractivity (Wildman–Crippen MR) is 273 cm³/mol. The van der Waals surface area contributed by atoms with Gasteiger partial charge in [0.2, 0.25) is 5.91 Å². The van der Waals surface area contributed by atoms with E-state index in [4.69, 9.17) is 4.74 Å². The number of unbranched alkanes of at least 4 members (excludes halogenated alkanes) is 19. The number of aliphatic hydroxyl groups excluding tert-OH is 2. The molecule has 0 saturated carbocycles. The van der Waals surface area contributed by atoms with Gasteiger partial charge in [-0.15, -0.1) is 0 Å². The van der Waals surface area contributed by atoms with Crippen LogP contribution in [0.4, 0.5) is 0 Å². The highest BCUT2D eigenvalue weighted by Crippen LogP contribution is 2.16. The Kier molecular flexibility index (Phi) is 46.4. The van der Waals surface area contributed by atoms with Gasteiger partial charge in [-0.05, 0) is 64.2 Å². The number of hydrogen-bond donors (Lipinski definition) is 3. The van der Waals surface area contributed by atoms with E-state index in [-0.39, 0.29) is 24.9 Å². The van der Waals surface area contributed by atoms with E-state index in [9.17, 15) is 19.8 Å². The minimum absolute atomic E-state index is 0.00851. The molecule has 0 radical (unpaired) electrons. The number of esters is 1. The topological polar surface area (TPSA) is 95.9 Å². The Bertz CT molecular complexity index is 1350. The zero-order chi connectivity index (χ0) is 45.9. The number of amides is 1. The van der Waals surface area contributed by atoms with Gasteiger partial charge < -0.3 is 20.3 Å². The molecular weight excluding hydrogens is 779 g/mol. The Balaban J connectivity index is 4.81. The Hall–Kier alpha value is -3.74. The van der Waals surface area contributed by atoms with Crippen LogP contribution in [0.15, 0.2) is 122 Å². The first-order chi connectivity index (χ1) is 31.0. The van der Waals surface area contributed by atoms with Gasteiger partial charge in [0.25, 0.3) is 0 Å². The van der Waals surface area contributed by atoms with Crippen molar-refractivity contribution in [3.63, 3.8) is 0 Å². The second-order valence-electron chi connectivity index (χ2n) is 16.7. The fraction of sp³-hybridized carbons (Fsp3) is 0.614. The lowest BCUT2D eigenvalue weighted by Crippen LogP contribution is -2.46. The molecule has 6 nitrogen and oxygen atoms in total. The molecule has 0 aromatic carbocycles. The van der Waals surface area contributed by atoms with E-state index >= 15 is 0 Å².